The molecule has 1 aromatic heterocycles. The number of amides is 1. The predicted molar refractivity (Wildman–Crippen MR) is 95.7 cm³/mol. The van der Waals surface area contributed by atoms with Gasteiger partial charge in [0, 0.05) is 5.02 Å². The van der Waals surface area contributed by atoms with Gasteiger partial charge in [0.05, 0.1) is 22.5 Å². The Hall–Kier alpha value is -1.81. The molecular formula is C16H17ClF3N5OS. The number of nitrogens with zero attached hydrogens (tertiary/aromatic N) is 4. The molecule has 11 heteroatoms. The molecule has 1 unspecified atom stereocenters. The van der Waals surface area contributed by atoms with Crippen molar-refractivity contribution < 1.29 is 18.0 Å². The Bertz CT molecular complexity index is 823. The third-order valence-corrected chi connectivity index (χ3v) is 5.61. The molecule has 1 saturated carbocycles. The number of carbonyl (C=O) groups is 1. The number of halogens is 4. The maximum Gasteiger partial charge on any atom is 0.418 e. The second-order valence-electron chi connectivity index (χ2n) is 6.28. The molecule has 0 aliphatic heterocycles. The van der Waals surface area contributed by atoms with Crippen LogP contribution in [0, 0.1) is 0 Å². The van der Waals surface area contributed by atoms with Crippen molar-refractivity contribution in [2.24, 2.45) is 0 Å². The number of benzene rings is 1. The molecule has 27 heavy (non-hydrogen) atoms. The van der Waals surface area contributed by atoms with E-state index in [4.69, 9.17) is 11.6 Å². The Morgan fingerprint density at radius 2 is 2.07 bits per heavy atom. The van der Waals surface area contributed by atoms with Crippen LogP contribution in [0.15, 0.2) is 23.4 Å². The largest absolute Gasteiger partial charge is 0.418 e. The first-order chi connectivity index (χ1) is 12.8. The van der Waals surface area contributed by atoms with Gasteiger partial charge in [-0.15, -0.1) is 5.10 Å². The smallest absolute Gasteiger partial charge is 0.325 e. The molecule has 0 bridgehead atoms. The summed E-state index contributed by atoms with van der Waals surface area (Å²) in [4.78, 5) is 12.4. The molecule has 0 saturated heterocycles. The molecule has 1 fully saturated rings. The number of carbonyl (C=O) groups excluding carboxylic acids is 1. The van der Waals surface area contributed by atoms with Gasteiger partial charge in [0.2, 0.25) is 11.1 Å². The van der Waals surface area contributed by atoms with Crippen molar-refractivity contribution in [2.45, 2.75) is 55.2 Å². The zero-order valence-corrected chi connectivity index (χ0v) is 15.9. The Morgan fingerprint density at radius 3 is 2.74 bits per heavy atom. The molecule has 1 amide bonds. The SMILES string of the molecule is CC(Sc1nnnn1C1CCCC1)C(=O)Nc1ccc(Cl)cc1C(F)(F)F. The molecule has 146 valence electrons. The molecule has 1 aromatic carbocycles. The fraction of sp³-hybridized carbons (Fsp3) is 0.500. The molecule has 0 spiro atoms. The monoisotopic (exact) mass is 419 g/mol. The highest BCUT2D eigenvalue weighted by Crippen LogP contribution is 2.37. The van der Waals surface area contributed by atoms with E-state index in [1.165, 1.54) is 6.07 Å². The van der Waals surface area contributed by atoms with Gasteiger partial charge >= 0.3 is 6.18 Å². The number of anilines is 1. The van der Waals surface area contributed by atoms with Crippen LogP contribution in [0.2, 0.25) is 5.02 Å². The number of hydrogen-bond acceptors (Lipinski definition) is 5. The highest BCUT2D eigenvalue weighted by atomic mass is 35.5. The van der Waals surface area contributed by atoms with E-state index in [2.05, 4.69) is 20.8 Å². The highest BCUT2D eigenvalue weighted by Gasteiger charge is 2.34. The molecule has 3 rings (SSSR count). The standard InChI is InChI=1S/C16H17ClF3N5OS/c1-9(27-15-22-23-24-25(15)11-4-2-3-5-11)14(26)21-13-7-6-10(17)8-12(13)16(18,19)20/h6-9,11H,2-5H2,1H3,(H,21,26). The lowest BCUT2D eigenvalue weighted by Gasteiger charge is -2.17. The minimum absolute atomic E-state index is 0.0570. The first-order valence-corrected chi connectivity index (χ1v) is 9.63. The molecule has 6 nitrogen and oxygen atoms in total. The Balaban J connectivity index is 1.71. The van der Waals surface area contributed by atoms with Crippen LogP contribution in [-0.2, 0) is 11.0 Å². The first-order valence-electron chi connectivity index (χ1n) is 8.38. The van der Waals surface area contributed by atoms with Gasteiger partial charge in [0.1, 0.15) is 0 Å². The maximum absolute atomic E-state index is 13.2. The van der Waals surface area contributed by atoms with E-state index in [-0.39, 0.29) is 16.8 Å². The maximum atomic E-state index is 13.2. The summed E-state index contributed by atoms with van der Waals surface area (Å²) in [6, 6.07) is 3.43. The van der Waals surface area contributed by atoms with Crippen molar-refractivity contribution in [3.63, 3.8) is 0 Å². The van der Waals surface area contributed by atoms with E-state index in [9.17, 15) is 18.0 Å². The number of thioether (sulfide) groups is 1. The lowest BCUT2D eigenvalue weighted by molar-refractivity contribution is -0.137. The zero-order valence-electron chi connectivity index (χ0n) is 14.3. The third kappa shape index (κ3) is 4.73. The number of alkyl halides is 3. The van der Waals surface area contributed by atoms with Crippen LogP contribution in [-0.4, -0.2) is 31.4 Å². The van der Waals surface area contributed by atoms with Crippen LogP contribution in [0.3, 0.4) is 0 Å². The van der Waals surface area contributed by atoms with Crippen LogP contribution < -0.4 is 5.32 Å². The molecule has 1 atom stereocenters. The van der Waals surface area contributed by atoms with Crippen LogP contribution >= 0.6 is 23.4 Å². The summed E-state index contributed by atoms with van der Waals surface area (Å²) in [5, 5.41) is 13.7. The highest BCUT2D eigenvalue weighted by molar-refractivity contribution is 8.00. The van der Waals surface area contributed by atoms with Crippen molar-refractivity contribution in [3.05, 3.63) is 28.8 Å². The second-order valence-corrected chi connectivity index (χ2v) is 8.03. The summed E-state index contributed by atoms with van der Waals surface area (Å²) < 4.78 is 41.2. The minimum atomic E-state index is -4.63. The van der Waals surface area contributed by atoms with E-state index in [0.717, 1.165) is 49.6 Å². The fourth-order valence-electron chi connectivity index (χ4n) is 2.95. The Kier molecular flexibility index (Phi) is 5.95. The van der Waals surface area contributed by atoms with Crippen molar-refractivity contribution in [1.29, 1.82) is 0 Å². The van der Waals surface area contributed by atoms with E-state index >= 15 is 0 Å². The number of aromatic nitrogens is 4. The molecule has 2 aromatic rings. The topological polar surface area (TPSA) is 72.7 Å². The first kappa shape index (κ1) is 19.9. The summed E-state index contributed by atoms with van der Waals surface area (Å²) >= 11 is 6.77. The molecule has 1 aliphatic carbocycles. The summed E-state index contributed by atoms with van der Waals surface area (Å²) in [5.41, 5.74) is -1.32. The van der Waals surface area contributed by atoms with Gasteiger partial charge in [-0.3, -0.25) is 4.79 Å². The summed E-state index contributed by atoms with van der Waals surface area (Å²) in [7, 11) is 0. The Labute approximate surface area is 162 Å². The van der Waals surface area contributed by atoms with E-state index in [0.29, 0.717) is 5.16 Å². The number of hydrogen-bond donors (Lipinski definition) is 1. The molecule has 1 heterocycles. The molecule has 0 radical (unpaired) electrons. The average molecular weight is 420 g/mol. The fourth-order valence-corrected chi connectivity index (χ4v) is 3.98. The van der Waals surface area contributed by atoms with Crippen molar-refractivity contribution in [1.82, 2.24) is 20.2 Å². The quantitative estimate of drug-likeness (QED) is 0.718. The van der Waals surface area contributed by atoms with Gasteiger partial charge in [0.15, 0.2) is 0 Å². The van der Waals surface area contributed by atoms with Gasteiger partial charge in [-0.2, -0.15) is 13.2 Å². The van der Waals surface area contributed by atoms with Crippen molar-refractivity contribution >= 4 is 35.0 Å². The normalized spacial score (nSPS) is 16.5. The van der Waals surface area contributed by atoms with Crippen LogP contribution in [0.25, 0.3) is 0 Å². The van der Waals surface area contributed by atoms with Crippen molar-refractivity contribution in [3.8, 4) is 0 Å². The molecule has 1 N–H and O–H groups in total. The summed E-state index contributed by atoms with van der Waals surface area (Å²) in [6.07, 6.45) is -0.489. The lowest BCUT2D eigenvalue weighted by Crippen LogP contribution is -2.25. The second kappa shape index (κ2) is 8.05. The van der Waals surface area contributed by atoms with Crippen LogP contribution in [0.5, 0.6) is 0 Å². The minimum Gasteiger partial charge on any atom is -0.325 e. The summed E-state index contributed by atoms with van der Waals surface area (Å²) in [6.45, 7) is 1.59. The lowest BCUT2D eigenvalue weighted by atomic mass is 10.1. The predicted octanol–water partition coefficient (Wildman–Crippen LogP) is 4.58. The van der Waals surface area contributed by atoms with Crippen LogP contribution in [0.4, 0.5) is 18.9 Å². The van der Waals surface area contributed by atoms with E-state index in [1.54, 1.807) is 11.6 Å². The molecular weight excluding hydrogens is 403 g/mol. The van der Waals surface area contributed by atoms with Gasteiger partial charge in [-0.1, -0.05) is 36.2 Å². The van der Waals surface area contributed by atoms with Crippen molar-refractivity contribution in [2.75, 3.05) is 5.32 Å². The average Bonchev–Trinajstić information content (AvgIpc) is 3.26. The van der Waals surface area contributed by atoms with Crippen LogP contribution in [0.1, 0.15) is 44.2 Å². The van der Waals surface area contributed by atoms with Gasteiger partial charge in [0.25, 0.3) is 0 Å². The Morgan fingerprint density at radius 1 is 1.37 bits per heavy atom. The number of nitrogens with one attached hydrogen (secondary N) is 1. The summed E-state index contributed by atoms with van der Waals surface area (Å²) in [5.74, 6) is -0.575. The zero-order chi connectivity index (χ0) is 19.6. The molecule has 1 aliphatic rings. The van der Waals surface area contributed by atoms with E-state index < -0.39 is 22.9 Å². The van der Waals surface area contributed by atoms with Gasteiger partial charge < -0.3 is 5.32 Å². The van der Waals surface area contributed by atoms with Gasteiger partial charge in [-0.05, 0) is 48.4 Å². The number of rotatable bonds is 5. The van der Waals surface area contributed by atoms with Gasteiger partial charge in [-0.25, -0.2) is 4.68 Å². The third-order valence-electron chi connectivity index (χ3n) is 4.33. The van der Waals surface area contributed by atoms with E-state index in [1.807, 2.05) is 0 Å². The number of tetrazole rings is 1.